The Labute approximate surface area is 111 Å². The molecule has 98 valence electrons. The molecule has 0 aromatic heterocycles. The van der Waals surface area contributed by atoms with Crippen molar-refractivity contribution in [3.05, 3.63) is 48.0 Å². The van der Waals surface area contributed by atoms with Gasteiger partial charge < -0.3 is 19.9 Å². The standard InChI is InChI=1S/C15H15NO3/c16-12-2-1-3-13(9-12)17-7-6-11-4-5-14-15(8-11)19-10-18-14/h1-5,8-9H,6-7,10,16H2. The lowest BCUT2D eigenvalue weighted by molar-refractivity contribution is 0.174. The largest absolute Gasteiger partial charge is 0.493 e. The normalized spacial score (nSPS) is 12.4. The molecule has 0 bridgehead atoms. The number of rotatable bonds is 4. The fraction of sp³-hybridized carbons (Fsp3) is 0.200. The molecule has 0 saturated heterocycles. The maximum Gasteiger partial charge on any atom is 0.231 e. The van der Waals surface area contributed by atoms with Gasteiger partial charge in [0.2, 0.25) is 6.79 Å². The fourth-order valence-electron chi connectivity index (χ4n) is 1.99. The first-order chi connectivity index (χ1) is 9.31. The van der Waals surface area contributed by atoms with Crippen LogP contribution in [0.4, 0.5) is 5.69 Å². The SMILES string of the molecule is Nc1cccc(OCCc2ccc3c(c2)OCO3)c1. The van der Waals surface area contributed by atoms with Crippen LogP contribution in [0.3, 0.4) is 0 Å². The van der Waals surface area contributed by atoms with Crippen LogP contribution in [0.2, 0.25) is 0 Å². The van der Waals surface area contributed by atoms with E-state index in [9.17, 15) is 0 Å². The maximum absolute atomic E-state index is 5.69. The van der Waals surface area contributed by atoms with Crippen molar-refractivity contribution in [2.75, 3.05) is 19.1 Å². The van der Waals surface area contributed by atoms with E-state index in [1.165, 1.54) is 0 Å². The fourth-order valence-corrected chi connectivity index (χ4v) is 1.99. The molecule has 4 nitrogen and oxygen atoms in total. The molecule has 0 spiro atoms. The van der Waals surface area contributed by atoms with Gasteiger partial charge >= 0.3 is 0 Å². The smallest absolute Gasteiger partial charge is 0.231 e. The van der Waals surface area contributed by atoms with Crippen molar-refractivity contribution in [3.8, 4) is 17.2 Å². The number of hydrogen-bond acceptors (Lipinski definition) is 4. The quantitative estimate of drug-likeness (QED) is 0.855. The molecule has 0 radical (unpaired) electrons. The Morgan fingerprint density at radius 2 is 1.95 bits per heavy atom. The summed E-state index contributed by atoms with van der Waals surface area (Å²) >= 11 is 0. The third kappa shape index (κ3) is 2.73. The second kappa shape index (κ2) is 5.10. The van der Waals surface area contributed by atoms with Crippen LogP contribution in [0.15, 0.2) is 42.5 Å². The first-order valence-electron chi connectivity index (χ1n) is 6.18. The zero-order chi connectivity index (χ0) is 13.1. The van der Waals surface area contributed by atoms with E-state index in [-0.39, 0.29) is 0 Å². The highest BCUT2D eigenvalue weighted by molar-refractivity contribution is 5.45. The van der Waals surface area contributed by atoms with Crippen molar-refractivity contribution in [2.24, 2.45) is 0 Å². The van der Waals surface area contributed by atoms with Crippen LogP contribution in [0, 0.1) is 0 Å². The molecule has 2 aromatic rings. The predicted octanol–water partition coefficient (Wildman–Crippen LogP) is 2.62. The first-order valence-corrected chi connectivity index (χ1v) is 6.18. The Kier molecular flexibility index (Phi) is 3.14. The monoisotopic (exact) mass is 257 g/mol. The Hall–Kier alpha value is -2.36. The van der Waals surface area contributed by atoms with Crippen LogP contribution in [-0.2, 0) is 6.42 Å². The van der Waals surface area contributed by atoms with Crippen molar-refractivity contribution >= 4 is 5.69 Å². The summed E-state index contributed by atoms with van der Waals surface area (Å²) in [6, 6.07) is 13.4. The Balaban J connectivity index is 1.58. The summed E-state index contributed by atoms with van der Waals surface area (Å²) < 4.78 is 16.3. The van der Waals surface area contributed by atoms with E-state index >= 15 is 0 Å². The van der Waals surface area contributed by atoms with E-state index in [1.54, 1.807) is 0 Å². The van der Waals surface area contributed by atoms with Gasteiger partial charge in [0.25, 0.3) is 0 Å². The second-order valence-electron chi connectivity index (χ2n) is 4.36. The number of nitrogen functional groups attached to an aromatic ring is 1. The lowest BCUT2D eigenvalue weighted by Gasteiger charge is -2.07. The zero-order valence-corrected chi connectivity index (χ0v) is 10.5. The number of fused-ring (bicyclic) bond motifs is 1. The van der Waals surface area contributed by atoms with Crippen LogP contribution in [-0.4, -0.2) is 13.4 Å². The van der Waals surface area contributed by atoms with Gasteiger partial charge in [-0.15, -0.1) is 0 Å². The van der Waals surface area contributed by atoms with Gasteiger partial charge in [-0.1, -0.05) is 12.1 Å². The van der Waals surface area contributed by atoms with Crippen LogP contribution < -0.4 is 19.9 Å². The predicted molar refractivity (Wildman–Crippen MR) is 72.6 cm³/mol. The molecule has 19 heavy (non-hydrogen) atoms. The molecule has 0 atom stereocenters. The van der Waals surface area contributed by atoms with E-state index in [0.717, 1.165) is 29.2 Å². The number of nitrogens with two attached hydrogens (primary N) is 1. The number of ether oxygens (including phenoxy) is 3. The van der Waals surface area contributed by atoms with Gasteiger partial charge in [0.05, 0.1) is 6.61 Å². The molecule has 4 heteroatoms. The molecule has 1 aliphatic rings. The molecule has 2 N–H and O–H groups in total. The average molecular weight is 257 g/mol. The minimum Gasteiger partial charge on any atom is -0.493 e. The summed E-state index contributed by atoms with van der Waals surface area (Å²) in [4.78, 5) is 0. The van der Waals surface area contributed by atoms with Crippen LogP contribution in [0.1, 0.15) is 5.56 Å². The summed E-state index contributed by atoms with van der Waals surface area (Å²) in [5, 5.41) is 0. The highest BCUT2D eigenvalue weighted by Gasteiger charge is 2.12. The first kappa shape index (κ1) is 11.7. The zero-order valence-electron chi connectivity index (χ0n) is 10.5. The molecule has 2 aromatic carbocycles. The van der Waals surface area contributed by atoms with Crippen LogP contribution in [0.5, 0.6) is 17.2 Å². The lowest BCUT2D eigenvalue weighted by Crippen LogP contribution is -2.01. The summed E-state index contributed by atoms with van der Waals surface area (Å²) in [5.74, 6) is 2.41. The Morgan fingerprint density at radius 1 is 1.05 bits per heavy atom. The van der Waals surface area contributed by atoms with Gasteiger partial charge in [-0.3, -0.25) is 0 Å². The molecule has 1 heterocycles. The molecule has 3 rings (SSSR count). The van der Waals surface area contributed by atoms with Gasteiger partial charge in [0, 0.05) is 18.2 Å². The van der Waals surface area contributed by atoms with Crippen molar-refractivity contribution in [1.82, 2.24) is 0 Å². The topological polar surface area (TPSA) is 53.7 Å². The molecule has 0 saturated carbocycles. The van der Waals surface area contributed by atoms with Gasteiger partial charge in [0.1, 0.15) is 5.75 Å². The molecular weight excluding hydrogens is 242 g/mol. The summed E-state index contributed by atoms with van der Waals surface area (Å²) in [5.41, 5.74) is 7.56. The average Bonchev–Trinajstić information content (AvgIpc) is 2.86. The summed E-state index contributed by atoms with van der Waals surface area (Å²) in [6.07, 6.45) is 0.811. The van der Waals surface area contributed by atoms with E-state index < -0.39 is 0 Å². The van der Waals surface area contributed by atoms with E-state index in [2.05, 4.69) is 0 Å². The van der Waals surface area contributed by atoms with Crippen molar-refractivity contribution in [2.45, 2.75) is 6.42 Å². The minimum atomic E-state index is 0.304. The maximum atomic E-state index is 5.69. The van der Waals surface area contributed by atoms with Gasteiger partial charge in [-0.25, -0.2) is 0 Å². The molecule has 1 aliphatic heterocycles. The Morgan fingerprint density at radius 3 is 2.84 bits per heavy atom. The van der Waals surface area contributed by atoms with E-state index in [4.69, 9.17) is 19.9 Å². The third-order valence-corrected chi connectivity index (χ3v) is 2.95. The lowest BCUT2D eigenvalue weighted by atomic mass is 10.1. The Bertz CT molecular complexity index is 583. The molecule has 0 fully saturated rings. The minimum absolute atomic E-state index is 0.304. The second-order valence-corrected chi connectivity index (χ2v) is 4.36. The number of benzene rings is 2. The van der Waals surface area contributed by atoms with Gasteiger partial charge in [-0.05, 0) is 29.8 Å². The third-order valence-electron chi connectivity index (χ3n) is 2.95. The number of anilines is 1. The molecule has 0 aliphatic carbocycles. The molecular formula is C15H15NO3. The van der Waals surface area contributed by atoms with Gasteiger partial charge in [0.15, 0.2) is 11.5 Å². The van der Waals surface area contributed by atoms with Crippen LogP contribution in [0.25, 0.3) is 0 Å². The highest BCUT2D eigenvalue weighted by atomic mass is 16.7. The van der Waals surface area contributed by atoms with Crippen molar-refractivity contribution in [3.63, 3.8) is 0 Å². The van der Waals surface area contributed by atoms with E-state index in [0.29, 0.717) is 19.1 Å². The highest BCUT2D eigenvalue weighted by Crippen LogP contribution is 2.32. The summed E-state index contributed by atoms with van der Waals surface area (Å²) in [6.45, 7) is 0.904. The van der Waals surface area contributed by atoms with Crippen molar-refractivity contribution in [1.29, 1.82) is 0 Å². The molecule has 0 amide bonds. The summed E-state index contributed by atoms with van der Waals surface area (Å²) in [7, 11) is 0. The van der Waals surface area contributed by atoms with E-state index in [1.807, 2.05) is 42.5 Å². The van der Waals surface area contributed by atoms with Crippen molar-refractivity contribution < 1.29 is 14.2 Å². The van der Waals surface area contributed by atoms with Gasteiger partial charge in [-0.2, -0.15) is 0 Å². The number of hydrogen-bond donors (Lipinski definition) is 1. The van der Waals surface area contributed by atoms with Crippen LogP contribution >= 0.6 is 0 Å². The molecule has 0 unspecified atom stereocenters.